The molecule has 0 aromatic carbocycles. The SMILES string of the molecule is CC1CCc2c(sc(NC(=O)CN3C(=O)NC4(CCCc5sccc54)C3=O)c2C#N)C1. The third kappa shape index (κ3) is 3.17. The highest BCUT2D eigenvalue weighted by atomic mass is 32.1. The fourth-order valence-corrected chi connectivity index (χ4v) is 7.33. The number of urea groups is 1. The zero-order chi connectivity index (χ0) is 21.8. The van der Waals surface area contributed by atoms with Gasteiger partial charge in [0.1, 0.15) is 23.2 Å². The van der Waals surface area contributed by atoms with Gasteiger partial charge in [0.25, 0.3) is 5.91 Å². The summed E-state index contributed by atoms with van der Waals surface area (Å²) in [6.45, 7) is 1.82. The molecular formula is C22H22N4O3S2. The van der Waals surface area contributed by atoms with Crippen LogP contribution in [0.4, 0.5) is 9.80 Å². The first-order valence-corrected chi connectivity index (χ1v) is 12.2. The summed E-state index contributed by atoms with van der Waals surface area (Å²) < 4.78 is 0. The first-order chi connectivity index (χ1) is 14.9. The molecule has 2 aromatic rings. The highest BCUT2D eigenvalue weighted by Crippen LogP contribution is 2.42. The van der Waals surface area contributed by atoms with Gasteiger partial charge in [0, 0.05) is 15.3 Å². The molecule has 7 nitrogen and oxygen atoms in total. The Labute approximate surface area is 188 Å². The van der Waals surface area contributed by atoms with E-state index in [1.165, 1.54) is 11.3 Å². The lowest BCUT2D eigenvalue weighted by molar-refractivity contribution is -0.134. The number of carbonyl (C=O) groups is 3. The Kier molecular flexibility index (Phi) is 4.87. The summed E-state index contributed by atoms with van der Waals surface area (Å²) in [5.41, 5.74) is 1.35. The summed E-state index contributed by atoms with van der Waals surface area (Å²) in [5.74, 6) is -0.280. The number of imide groups is 1. The predicted octanol–water partition coefficient (Wildman–Crippen LogP) is 3.53. The first kappa shape index (κ1) is 20.2. The molecule has 3 aliphatic rings. The molecule has 2 aliphatic carbocycles. The second-order valence-electron chi connectivity index (χ2n) is 8.55. The van der Waals surface area contributed by atoms with E-state index in [4.69, 9.17) is 0 Å². The molecule has 3 heterocycles. The number of amides is 4. The maximum absolute atomic E-state index is 13.3. The van der Waals surface area contributed by atoms with E-state index in [0.717, 1.165) is 57.9 Å². The molecule has 2 unspecified atom stereocenters. The number of rotatable bonds is 3. The summed E-state index contributed by atoms with van der Waals surface area (Å²) in [4.78, 5) is 42.0. The predicted molar refractivity (Wildman–Crippen MR) is 118 cm³/mol. The number of nitrogens with one attached hydrogen (secondary N) is 2. The van der Waals surface area contributed by atoms with Crippen LogP contribution in [0.25, 0.3) is 0 Å². The number of aryl methyl sites for hydroxylation is 1. The molecule has 2 aromatic heterocycles. The monoisotopic (exact) mass is 454 g/mol. The van der Waals surface area contributed by atoms with E-state index in [1.807, 2.05) is 11.4 Å². The minimum atomic E-state index is -1.05. The molecule has 9 heteroatoms. The van der Waals surface area contributed by atoms with Crippen molar-refractivity contribution in [1.29, 1.82) is 5.26 Å². The number of hydrogen-bond acceptors (Lipinski definition) is 6. The highest BCUT2D eigenvalue weighted by Gasteiger charge is 2.54. The van der Waals surface area contributed by atoms with Crippen molar-refractivity contribution in [3.05, 3.63) is 37.9 Å². The van der Waals surface area contributed by atoms with Crippen LogP contribution in [0.2, 0.25) is 0 Å². The molecular weight excluding hydrogens is 432 g/mol. The van der Waals surface area contributed by atoms with E-state index < -0.39 is 17.5 Å². The standard InChI is InChI=1S/C22H22N4O3S2/c1-12-4-5-13-14(10-23)19(31-17(13)9-12)24-18(27)11-26-20(28)22(25-21(26)29)7-2-3-16-15(22)6-8-30-16/h6,8,12H,2-5,7,9,11H2,1H3,(H,24,27)(H,25,29). The van der Waals surface area contributed by atoms with Crippen molar-refractivity contribution in [1.82, 2.24) is 10.2 Å². The van der Waals surface area contributed by atoms with Crippen LogP contribution in [0.3, 0.4) is 0 Å². The van der Waals surface area contributed by atoms with Crippen molar-refractivity contribution in [2.45, 2.75) is 51.0 Å². The molecule has 0 radical (unpaired) electrons. The van der Waals surface area contributed by atoms with Gasteiger partial charge in [-0.25, -0.2) is 4.79 Å². The van der Waals surface area contributed by atoms with Gasteiger partial charge in [-0.05, 0) is 61.5 Å². The lowest BCUT2D eigenvalue weighted by Crippen LogP contribution is -2.46. The molecule has 5 rings (SSSR count). The Morgan fingerprint density at radius 3 is 3.03 bits per heavy atom. The largest absolute Gasteiger partial charge is 0.325 e. The topological polar surface area (TPSA) is 102 Å². The van der Waals surface area contributed by atoms with E-state index in [2.05, 4.69) is 23.6 Å². The average molecular weight is 455 g/mol. The van der Waals surface area contributed by atoms with Gasteiger partial charge in [-0.1, -0.05) is 6.92 Å². The van der Waals surface area contributed by atoms with Crippen LogP contribution >= 0.6 is 22.7 Å². The van der Waals surface area contributed by atoms with E-state index in [1.54, 1.807) is 11.3 Å². The molecule has 1 spiro atoms. The molecule has 2 atom stereocenters. The minimum absolute atomic E-state index is 0.365. The molecule has 160 valence electrons. The fraction of sp³-hybridized carbons (Fsp3) is 0.455. The van der Waals surface area contributed by atoms with Crippen molar-refractivity contribution in [3.8, 4) is 6.07 Å². The highest BCUT2D eigenvalue weighted by molar-refractivity contribution is 7.16. The minimum Gasteiger partial charge on any atom is -0.319 e. The maximum Gasteiger partial charge on any atom is 0.325 e. The Morgan fingerprint density at radius 1 is 1.39 bits per heavy atom. The third-order valence-corrected chi connectivity index (χ3v) is 8.67. The molecule has 1 saturated heterocycles. The Balaban J connectivity index is 1.35. The second-order valence-corrected chi connectivity index (χ2v) is 10.7. The molecule has 0 bridgehead atoms. The summed E-state index contributed by atoms with van der Waals surface area (Å²) in [6, 6.07) is 3.58. The average Bonchev–Trinajstić information content (AvgIpc) is 3.40. The number of nitrogens with zero attached hydrogens (tertiary/aromatic N) is 2. The molecule has 0 saturated carbocycles. The van der Waals surface area contributed by atoms with Crippen LogP contribution in [0.5, 0.6) is 0 Å². The van der Waals surface area contributed by atoms with E-state index in [-0.39, 0.29) is 12.5 Å². The fourth-order valence-electron chi connectivity index (χ4n) is 4.95. The van der Waals surface area contributed by atoms with Gasteiger partial charge in [0.05, 0.1) is 5.56 Å². The molecule has 4 amide bonds. The molecule has 2 N–H and O–H groups in total. The van der Waals surface area contributed by atoms with Crippen LogP contribution in [-0.2, 0) is 34.4 Å². The number of carbonyl (C=O) groups excluding carboxylic acids is 3. The van der Waals surface area contributed by atoms with Gasteiger partial charge in [0.15, 0.2) is 0 Å². The van der Waals surface area contributed by atoms with E-state index >= 15 is 0 Å². The molecule has 1 fully saturated rings. The van der Waals surface area contributed by atoms with Gasteiger partial charge in [-0.3, -0.25) is 14.5 Å². The maximum atomic E-state index is 13.3. The lowest BCUT2D eigenvalue weighted by atomic mass is 9.80. The molecule has 1 aliphatic heterocycles. The summed E-state index contributed by atoms with van der Waals surface area (Å²) in [7, 11) is 0. The number of nitriles is 1. The third-order valence-electron chi connectivity index (χ3n) is 6.51. The van der Waals surface area contributed by atoms with Crippen LogP contribution < -0.4 is 10.6 Å². The number of anilines is 1. The number of fused-ring (bicyclic) bond motifs is 3. The van der Waals surface area contributed by atoms with Crippen LogP contribution in [-0.4, -0.2) is 29.3 Å². The van der Waals surface area contributed by atoms with Crippen molar-refractivity contribution in [3.63, 3.8) is 0 Å². The van der Waals surface area contributed by atoms with Crippen LogP contribution in [0.1, 0.15) is 52.6 Å². The van der Waals surface area contributed by atoms with Crippen LogP contribution in [0, 0.1) is 17.2 Å². The number of hydrogen-bond donors (Lipinski definition) is 2. The van der Waals surface area contributed by atoms with Gasteiger partial charge in [0.2, 0.25) is 5.91 Å². The zero-order valence-corrected chi connectivity index (χ0v) is 18.8. The smallest absolute Gasteiger partial charge is 0.319 e. The zero-order valence-electron chi connectivity index (χ0n) is 17.1. The van der Waals surface area contributed by atoms with Crippen molar-refractivity contribution in [2.75, 3.05) is 11.9 Å². The quantitative estimate of drug-likeness (QED) is 0.693. The second kappa shape index (κ2) is 7.46. The molecule has 31 heavy (non-hydrogen) atoms. The van der Waals surface area contributed by atoms with E-state index in [0.29, 0.717) is 22.9 Å². The summed E-state index contributed by atoms with van der Waals surface area (Å²) in [6.07, 6.45) is 5.02. The van der Waals surface area contributed by atoms with Crippen molar-refractivity contribution < 1.29 is 14.4 Å². The summed E-state index contributed by atoms with van der Waals surface area (Å²) in [5, 5.41) is 17.7. The lowest BCUT2D eigenvalue weighted by Gasteiger charge is -2.31. The van der Waals surface area contributed by atoms with Gasteiger partial charge < -0.3 is 10.6 Å². The first-order valence-electron chi connectivity index (χ1n) is 10.5. The van der Waals surface area contributed by atoms with Crippen molar-refractivity contribution in [2.24, 2.45) is 5.92 Å². The Morgan fingerprint density at radius 2 is 2.23 bits per heavy atom. The summed E-state index contributed by atoms with van der Waals surface area (Å²) >= 11 is 3.03. The van der Waals surface area contributed by atoms with E-state index in [9.17, 15) is 19.6 Å². The van der Waals surface area contributed by atoms with Gasteiger partial charge >= 0.3 is 6.03 Å². The Hall–Kier alpha value is -2.70. The normalized spacial score (nSPS) is 24.5. The van der Waals surface area contributed by atoms with Crippen LogP contribution in [0.15, 0.2) is 11.4 Å². The number of thiophene rings is 2. The van der Waals surface area contributed by atoms with Gasteiger partial charge in [-0.15, -0.1) is 22.7 Å². The Bertz CT molecular complexity index is 1140. The van der Waals surface area contributed by atoms with Gasteiger partial charge in [-0.2, -0.15) is 5.26 Å². The van der Waals surface area contributed by atoms with Crippen molar-refractivity contribution >= 4 is 45.5 Å².